The first-order chi connectivity index (χ1) is 17.0. The molecule has 4 aromatic carbocycles. The third-order valence-electron chi connectivity index (χ3n) is 6.05. The number of halogens is 2. The van der Waals surface area contributed by atoms with Gasteiger partial charge in [0.1, 0.15) is 10.8 Å². The molecule has 0 aliphatic carbocycles. The van der Waals surface area contributed by atoms with Gasteiger partial charge in [0, 0.05) is 5.56 Å². The predicted octanol–water partition coefficient (Wildman–Crippen LogP) is 9.86. The normalized spacial score (nSPS) is 11.2. The van der Waals surface area contributed by atoms with E-state index in [1.54, 1.807) is 18.2 Å². The third kappa shape index (κ3) is 6.41. The lowest BCUT2D eigenvalue weighted by atomic mass is 9.99. The van der Waals surface area contributed by atoms with Crippen molar-refractivity contribution in [1.29, 1.82) is 0 Å². The van der Waals surface area contributed by atoms with Crippen molar-refractivity contribution in [2.45, 2.75) is 33.1 Å². The van der Waals surface area contributed by atoms with Crippen molar-refractivity contribution < 1.29 is 9.13 Å². The second-order valence-electron chi connectivity index (χ2n) is 8.74. The smallest absolute Gasteiger partial charge is 0.152 e. The van der Waals surface area contributed by atoms with Crippen LogP contribution in [0.15, 0.2) is 84.9 Å². The first kappa shape index (κ1) is 24.8. The SMILES string of the molecule is CCCCCOc1ccc(/C=C/c2ccc(-c3ccc(-c4ccc(C)cc4)cc3)cc2)c(F)c1Cl. The summed E-state index contributed by atoms with van der Waals surface area (Å²) in [4.78, 5) is 0. The van der Waals surface area contributed by atoms with Crippen LogP contribution in [0, 0.1) is 12.7 Å². The molecule has 178 valence electrons. The fraction of sp³-hybridized carbons (Fsp3) is 0.188. The second kappa shape index (κ2) is 11.9. The molecule has 0 unspecified atom stereocenters. The summed E-state index contributed by atoms with van der Waals surface area (Å²) in [6.07, 6.45) is 6.76. The topological polar surface area (TPSA) is 9.23 Å². The van der Waals surface area contributed by atoms with Crippen molar-refractivity contribution in [1.82, 2.24) is 0 Å². The van der Waals surface area contributed by atoms with Crippen LogP contribution in [0.5, 0.6) is 5.75 Å². The summed E-state index contributed by atoms with van der Waals surface area (Å²) >= 11 is 6.20. The lowest BCUT2D eigenvalue weighted by Crippen LogP contribution is -1.99. The van der Waals surface area contributed by atoms with Crippen LogP contribution >= 0.6 is 11.6 Å². The van der Waals surface area contributed by atoms with E-state index in [0.29, 0.717) is 17.9 Å². The number of hydrogen-bond acceptors (Lipinski definition) is 1. The van der Waals surface area contributed by atoms with E-state index in [2.05, 4.69) is 74.5 Å². The summed E-state index contributed by atoms with van der Waals surface area (Å²) in [6, 6.07) is 28.8. The van der Waals surface area contributed by atoms with E-state index in [1.165, 1.54) is 16.7 Å². The van der Waals surface area contributed by atoms with Crippen LogP contribution in [0.4, 0.5) is 4.39 Å². The van der Waals surface area contributed by atoms with Gasteiger partial charge in [-0.3, -0.25) is 0 Å². The molecule has 1 nitrogen and oxygen atoms in total. The molecular formula is C32H30ClFO. The molecule has 0 amide bonds. The highest BCUT2D eigenvalue weighted by Crippen LogP contribution is 2.31. The fourth-order valence-electron chi connectivity index (χ4n) is 3.89. The van der Waals surface area contributed by atoms with Gasteiger partial charge in [0.25, 0.3) is 0 Å². The molecule has 0 aliphatic heterocycles. The number of aryl methyl sites for hydroxylation is 1. The highest BCUT2D eigenvalue weighted by Gasteiger charge is 2.11. The van der Waals surface area contributed by atoms with Gasteiger partial charge < -0.3 is 4.74 Å². The van der Waals surface area contributed by atoms with Crippen molar-refractivity contribution in [3.63, 3.8) is 0 Å². The number of unbranched alkanes of at least 4 members (excludes halogenated alkanes) is 2. The zero-order valence-corrected chi connectivity index (χ0v) is 21.0. The molecule has 0 fully saturated rings. The number of hydrogen-bond donors (Lipinski definition) is 0. The van der Waals surface area contributed by atoms with Crippen molar-refractivity contribution in [2.75, 3.05) is 6.61 Å². The van der Waals surface area contributed by atoms with Crippen LogP contribution in [0.3, 0.4) is 0 Å². The Morgan fingerprint density at radius 2 is 1.26 bits per heavy atom. The monoisotopic (exact) mass is 484 g/mol. The Morgan fingerprint density at radius 3 is 1.83 bits per heavy atom. The van der Waals surface area contributed by atoms with Gasteiger partial charge in [-0.2, -0.15) is 0 Å². The molecule has 0 saturated carbocycles. The molecule has 0 aromatic heterocycles. The standard InChI is InChI=1S/C32H30ClFO/c1-3-4-5-22-35-30-21-20-29(32(34)31(30)33)15-10-24-8-13-26(14-9-24)28-18-16-27(17-19-28)25-11-6-23(2)7-12-25/h6-21H,3-5,22H2,1-2H3/b15-10+. The first-order valence-electron chi connectivity index (χ1n) is 12.1. The van der Waals surface area contributed by atoms with Gasteiger partial charge in [-0.05, 0) is 53.3 Å². The minimum Gasteiger partial charge on any atom is -0.492 e. The van der Waals surface area contributed by atoms with Crippen molar-refractivity contribution in [2.24, 2.45) is 0 Å². The summed E-state index contributed by atoms with van der Waals surface area (Å²) in [5.41, 5.74) is 7.39. The Bertz CT molecular complexity index is 1270. The molecule has 4 aromatic rings. The molecular weight excluding hydrogens is 455 g/mol. The molecule has 0 N–H and O–H groups in total. The highest BCUT2D eigenvalue weighted by molar-refractivity contribution is 6.32. The molecule has 0 aliphatic rings. The quantitative estimate of drug-likeness (QED) is 0.169. The molecule has 4 rings (SSSR count). The zero-order chi connectivity index (χ0) is 24.6. The van der Waals surface area contributed by atoms with Crippen LogP contribution < -0.4 is 4.74 Å². The van der Waals surface area contributed by atoms with E-state index in [4.69, 9.17) is 16.3 Å². The Labute approximate surface area is 212 Å². The van der Waals surface area contributed by atoms with Crippen LogP contribution in [0.1, 0.15) is 42.9 Å². The summed E-state index contributed by atoms with van der Waals surface area (Å²) < 4.78 is 20.4. The Kier molecular flexibility index (Phi) is 8.39. The van der Waals surface area contributed by atoms with Crippen molar-refractivity contribution in [3.05, 3.63) is 112 Å². The molecule has 3 heteroatoms. The van der Waals surface area contributed by atoms with Gasteiger partial charge in [0.05, 0.1) is 6.61 Å². The lowest BCUT2D eigenvalue weighted by molar-refractivity contribution is 0.305. The van der Waals surface area contributed by atoms with Crippen LogP contribution in [0.2, 0.25) is 5.02 Å². The molecule has 0 radical (unpaired) electrons. The zero-order valence-electron chi connectivity index (χ0n) is 20.2. The van der Waals surface area contributed by atoms with E-state index in [-0.39, 0.29) is 5.02 Å². The minimum atomic E-state index is -0.457. The molecule has 0 saturated heterocycles. The maximum atomic E-state index is 14.7. The summed E-state index contributed by atoms with van der Waals surface area (Å²) in [7, 11) is 0. The van der Waals surface area contributed by atoms with E-state index in [0.717, 1.165) is 36.0 Å². The van der Waals surface area contributed by atoms with Gasteiger partial charge in [-0.15, -0.1) is 0 Å². The van der Waals surface area contributed by atoms with Crippen LogP contribution in [-0.4, -0.2) is 6.61 Å². The van der Waals surface area contributed by atoms with Gasteiger partial charge in [-0.25, -0.2) is 4.39 Å². The summed E-state index contributed by atoms with van der Waals surface area (Å²) in [5.74, 6) is -0.0589. The Balaban J connectivity index is 1.42. The Morgan fingerprint density at radius 1 is 0.714 bits per heavy atom. The maximum absolute atomic E-state index is 14.7. The number of benzene rings is 4. The summed E-state index contributed by atoms with van der Waals surface area (Å²) in [5, 5.41) is 0.0353. The predicted molar refractivity (Wildman–Crippen MR) is 147 cm³/mol. The van der Waals surface area contributed by atoms with E-state index < -0.39 is 5.82 Å². The molecule has 0 spiro atoms. The van der Waals surface area contributed by atoms with Gasteiger partial charge in [0.2, 0.25) is 0 Å². The van der Waals surface area contributed by atoms with Gasteiger partial charge in [-0.1, -0.05) is 122 Å². The minimum absolute atomic E-state index is 0.0353. The number of ether oxygens (including phenoxy) is 1. The van der Waals surface area contributed by atoms with Gasteiger partial charge >= 0.3 is 0 Å². The summed E-state index contributed by atoms with van der Waals surface area (Å²) in [6.45, 7) is 4.77. The van der Waals surface area contributed by atoms with Crippen LogP contribution in [0.25, 0.3) is 34.4 Å². The molecule has 35 heavy (non-hydrogen) atoms. The molecule has 0 heterocycles. The maximum Gasteiger partial charge on any atom is 0.152 e. The van der Waals surface area contributed by atoms with Crippen molar-refractivity contribution >= 4 is 23.8 Å². The van der Waals surface area contributed by atoms with E-state index in [1.807, 2.05) is 18.2 Å². The van der Waals surface area contributed by atoms with E-state index >= 15 is 0 Å². The average Bonchev–Trinajstić information content (AvgIpc) is 2.89. The second-order valence-corrected chi connectivity index (χ2v) is 9.11. The van der Waals surface area contributed by atoms with E-state index in [9.17, 15) is 4.39 Å². The van der Waals surface area contributed by atoms with Gasteiger partial charge in [0.15, 0.2) is 5.82 Å². The van der Waals surface area contributed by atoms with Crippen molar-refractivity contribution in [3.8, 4) is 28.0 Å². The Hall–Kier alpha value is -3.36. The first-order valence-corrected chi connectivity index (χ1v) is 12.5. The molecule has 0 atom stereocenters. The largest absolute Gasteiger partial charge is 0.492 e. The third-order valence-corrected chi connectivity index (χ3v) is 6.40. The molecule has 0 bridgehead atoms. The number of rotatable bonds is 9. The highest BCUT2D eigenvalue weighted by atomic mass is 35.5. The average molecular weight is 485 g/mol. The lowest BCUT2D eigenvalue weighted by Gasteiger charge is -2.09. The van der Waals surface area contributed by atoms with Crippen LogP contribution in [-0.2, 0) is 0 Å². The fourth-order valence-corrected chi connectivity index (χ4v) is 4.12.